The molecule has 2 aliphatic heterocycles. The predicted octanol–water partition coefficient (Wildman–Crippen LogP) is 1.37. The number of benzene rings is 1. The van der Waals surface area contributed by atoms with Crippen LogP contribution in [0.5, 0.6) is 0 Å². The molecular formula is C20H28N4O4S. The molecule has 29 heavy (non-hydrogen) atoms. The van der Waals surface area contributed by atoms with E-state index in [2.05, 4.69) is 9.71 Å². The monoisotopic (exact) mass is 420 g/mol. The number of amidine groups is 1. The minimum absolute atomic E-state index is 0.136. The normalized spacial score (nSPS) is 19.1. The first-order valence-corrected chi connectivity index (χ1v) is 11.6. The SMILES string of the molecule is CCC(=O)N1CCN(C(=O)CCCCCN=C2NS(=O)(=O)c3ccccc32)CC1. The van der Waals surface area contributed by atoms with Gasteiger partial charge in [-0.15, -0.1) is 0 Å². The third kappa shape index (κ3) is 5.14. The van der Waals surface area contributed by atoms with Crippen molar-refractivity contribution < 1.29 is 18.0 Å². The van der Waals surface area contributed by atoms with Gasteiger partial charge in [0.1, 0.15) is 5.84 Å². The first-order chi connectivity index (χ1) is 13.9. The maximum atomic E-state index is 12.3. The van der Waals surface area contributed by atoms with Crippen molar-refractivity contribution in [3.8, 4) is 0 Å². The van der Waals surface area contributed by atoms with E-state index in [1.54, 1.807) is 24.3 Å². The Morgan fingerprint density at radius 1 is 1.00 bits per heavy atom. The highest BCUT2D eigenvalue weighted by atomic mass is 32.2. The van der Waals surface area contributed by atoms with Gasteiger partial charge in [0.05, 0.1) is 4.90 Å². The summed E-state index contributed by atoms with van der Waals surface area (Å²) in [6.07, 6.45) is 3.42. The van der Waals surface area contributed by atoms with Gasteiger partial charge in [-0.1, -0.05) is 25.5 Å². The van der Waals surface area contributed by atoms with Gasteiger partial charge < -0.3 is 9.80 Å². The van der Waals surface area contributed by atoms with Gasteiger partial charge in [0.2, 0.25) is 11.8 Å². The summed E-state index contributed by atoms with van der Waals surface area (Å²) in [5, 5.41) is 0. The number of nitrogens with zero attached hydrogens (tertiary/aromatic N) is 3. The molecule has 0 bridgehead atoms. The molecule has 2 heterocycles. The second-order valence-electron chi connectivity index (χ2n) is 7.26. The number of hydrogen-bond donors (Lipinski definition) is 1. The molecule has 0 saturated carbocycles. The van der Waals surface area contributed by atoms with Crippen LogP contribution in [0.2, 0.25) is 0 Å². The number of amides is 2. The van der Waals surface area contributed by atoms with Crippen molar-refractivity contribution in [3.05, 3.63) is 29.8 Å². The number of rotatable bonds is 7. The van der Waals surface area contributed by atoms with E-state index in [4.69, 9.17) is 0 Å². The zero-order valence-electron chi connectivity index (χ0n) is 16.8. The standard InChI is InChI=1S/C20H28N4O4S/c1-2-18(25)23-12-14-24(15-13-23)19(26)10-4-3-7-11-21-20-16-8-5-6-9-17(16)29(27,28)22-20/h5-6,8-9H,2-4,7,10-15H2,1H3,(H,21,22). The molecule has 0 radical (unpaired) electrons. The average molecular weight is 421 g/mol. The van der Waals surface area contributed by atoms with Crippen LogP contribution in [0.25, 0.3) is 0 Å². The van der Waals surface area contributed by atoms with E-state index in [1.165, 1.54) is 0 Å². The molecule has 158 valence electrons. The number of nitrogens with one attached hydrogen (secondary N) is 1. The summed E-state index contributed by atoms with van der Waals surface area (Å²) in [7, 11) is -3.49. The Morgan fingerprint density at radius 3 is 2.34 bits per heavy atom. The van der Waals surface area contributed by atoms with Crippen LogP contribution in [0.4, 0.5) is 0 Å². The minimum atomic E-state index is -3.49. The van der Waals surface area contributed by atoms with Gasteiger partial charge in [-0.2, -0.15) is 0 Å². The van der Waals surface area contributed by atoms with Crippen LogP contribution < -0.4 is 4.72 Å². The summed E-state index contributed by atoms with van der Waals surface area (Å²) in [6, 6.07) is 6.81. The Bertz CT molecular complexity index is 889. The van der Waals surface area contributed by atoms with E-state index < -0.39 is 10.0 Å². The molecule has 1 N–H and O–H groups in total. The van der Waals surface area contributed by atoms with Gasteiger partial charge in [0, 0.05) is 51.1 Å². The Labute approximate surface area is 172 Å². The molecule has 0 atom stereocenters. The zero-order valence-corrected chi connectivity index (χ0v) is 17.6. The Hall–Kier alpha value is -2.42. The highest BCUT2D eigenvalue weighted by Crippen LogP contribution is 2.22. The third-order valence-electron chi connectivity index (χ3n) is 5.27. The molecule has 0 unspecified atom stereocenters. The number of unbranched alkanes of at least 4 members (excludes halogenated alkanes) is 2. The Balaban J connectivity index is 1.36. The summed E-state index contributed by atoms with van der Waals surface area (Å²) < 4.78 is 26.6. The topological polar surface area (TPSA) is 99.2 Å². The molecular weight excluding hydrogens is 392 g/mol. The molecule has 1 fully saturated rings. The largest absolute Gasteiger partial charge is 0.339 e. The molecule has 3 rings (SSSR count). The fourth-order valence-electron chi connectivity index (χ4n) is 3.59. The minimum Gasteiger partial charge on any atom is -0.339 e. The second-order valence-corrected chi connectivity index (χ2v) is 8.91. The van der Waals surface area contributed by atoms with Crippen molar-refractivity contribution in [1.29, 1.82) is 0 Å². The van der Waals surface area contributed by atoms with Crippen molar-refractivity contribution in [2.45, 2.75) is 43.9 Å². The molecule has 1 aromatic carbocycles. The first-order valence-electron chi connectivity index (χ1n) is 10.1. The maximum Gasteiger partial charge on any atom is 0.263 e. The van der Waals surface area contributed by atoms with Gasteiger partial charge in [0.15, 0.2) is 0 Å². The molecule has 2 aliphatic rings. The van der Waals surface area contributed by atoms with Crippen molar-refractivity contribution >= 4 is 27.7 Å². The predicted molar refractivity (Wildman–Crippen MR) is 110 cm³/mol. The molecule has 1 aromatic rings. The van der Waals surface area contributed by atoms with Crippen LogP contribution in [0.1, 0.15) is 44.6 Å². The lowest BCUT2D eigenvalue weighted by molar-refractivity contribution is -0.139. The summed E-state index contributed by atoms with van der Waals surface area (Å²) >= 11 is 0. The van der Waals surface area contributed by atoms with Crippen LogP contribution in [0, 0.1) is 0 Å². The third-order valence-corrected chi connectivity index (χ3v) is 6.67. The summed E-state index contributed by atoms with van der Waals surface area (Å²) in [6.45, 7) is 4.82. The number of piperazine rings is 1. The molecule has 1 saturated heterocycles. The van der Waals surface area contributed by atoms with Crippen molar-refractivity contribution in [2.24, 2.45) is 4.99 Å². The van der Waals surface area contributed by atoms with E-state index in [0.29, 0.717) is 57.0 Å². The summed E-state index contributed by atoms with van der Waals surface area (Å²) in [5.74, 6) is 0.680. The highest BCUT2D eigenvalue weighted by Gasteiger charge is 2.29. The molecule has 0 aromatic heterocycles. The fourth-order valence-corrected chi connectivity index (χ4v) is 4.84. The average Bonchev–Trinajstić information content (AvgIpc) is 3.00. The lowest BCUT2D eigenvalue weighted by atomic mass is 10.1. The lowest BCUT2D eigenvalue weighted by Crippen LogP contribution is -2.50. The molecule has 8 nitrogen and oxygen atoms in total. The van der Waals surface area contributed by atoms with Gasteiger partial charge in [0.25, 0.3) is 10.0 Å². The van der Waals surface area contributed by atoms with E-state index in [0.717, 1.165) is 19.3 Å². The molecule has 0 spiro atoms. The first kappa shape index (κ1) is 21.3. The fraction of sp³-hybridized carbons (Fsp3) is 0.550. The Morgan fingerprint density at radius 2 is 1.66 bits per heavy atom. The number of aliphatic imine (C=N–C) groups is 1. The molecule has 9 heteroatoms. The number of sulfonamides is 1. The van der Waals surface area contributed by atoms with Gasteiger partial charge in [-0.05, 0) is 25.0 Å². The van der Waals surface area contributed by atoms with Crippen molar-refractivity contribution in [1.82, 2.24) is 14.5 Å². The number of fused-ring (bicyclic) bond motifs is 1. The number of hydrogen-bond acceptors (Lipinski definition) is 5. The van der Waals surface area contributed by atoms with Crippen molar-refractivity contribution in [3.63, 3.8) is 0 Å². The molecule has 2 amide bonds. The number of carbonyl (C=O) groups is 2. The highest BCUT2D eigenvalue weighted by molar-refractivity contribution is 7.90. The van der Waals surface area contributed by atoms with Crippen molar-refractivity contribution in [2.75, 3.05) is 32.7 Å². The number of carbonyl (C=O) groups excluding carboxylic acids is 2. The van der Waals surface area contributed by atoms with Gasteiger partial charge >= 0.3 is 0 Å². The van der Waals surface area contributed by atoms with Crippen LogP contribution in [-0.4, -0.2) is 68.6 Å². The maximum absolute atomic E-state index is 12.3. The smallest absolute Gasteiger partial charge is 0.263 e. The van der Waals surface area contributed by atoms with E-state index in [9.17, 15) is 18.0 Å². The lowest BCUT2D eigenvalue weighted by Gasteiger charge is -2.34. The van der Waals surface area contributed by atoms with E-state index >= 15 is 0 Å². The second kappa shape index (κ2) is 9.39. The Kier molecular flexibility index (Phi) is 6.89. The zero-order chi connectivity index (χ0) is 20.9. The van der Waals surface area contributed by atoms with E-state index in [1.807, 2.05) is 16.7 Å². The van der Waals surface area contributed by atoms with Crippen LogP contribution in [0.15, 0.2) is 34.2 Å². The van der Waals surface area contributed by atoms with Crippen LogP contribution in [0.3, 0.4) is 0 Å². The van der Waals surface area contributed by atoms with Gasteiger partial charge in [-0.25, -0.2) is 8.42 Å². The van der Waals surface area contributed by atoms with E-state index in [-0.39, 0.29) is 16.7 Å². The van der Waals surface area contributed by atoms with Crippen LogP contribution in [-0.2, 0) is 19.6 Å². The summed E-state index contributed by atoms with van der Waals surface area (Å²) in [4.78, 5) is 32.3. The quantitative estimate of drug-likeness (QED) is 0.674. The summed E-state index contributed by atoms with van der Waals surface area (Å²) in [5.41, 5.74) is 0.614. The molecule has 0 aliphatic carbocycles. The van der Waals surface area contributed by atoms with Crippen LogP contribution >= 0.6 is 0 Å². The van der Waals surface area contributed by atoms with Gasteiger partial charge in [-0.3, -0.25) is 19.3 Å².